The number of carbonyl (C=O) groups is 1. The molecule has 1 aliphatic carbocycles. The average molecular weight is 155 g/mol. The van der Waals surface area contributed by atoms with E-state index in [0.717, 1.165) is 25.8 Å². The number of methoxy groups -OCH3 is 1. The Balaban J connectivity index is 2.16. The maximum absolute atomic E-state index is 11.3. The summed E-state index contributed by atoms with van der Waals surface area (Å²) in [5.74, 6) is -0.0231. The van der Waals surface area contributed by atoms with Crippen molar-refractivity contribution in [3.05, 3.63) is 0 Å². The molecule has 0 radical (unpaired) electrons. The number of hydrogen-bond acceptors (Lipinski definition) is 3. The molecule has 62 valence electrons. The number of carbonyl (C=O) groups excluding carboxylic acids is 1. The van der Waals surface area contributed by atoms with Gasteiger partial charge in [-0.1, -0.05) is 0 Å². The topological polar surface area (TPSA) is 38.3 Å². The Hall–Kier alpha value is -0.570. The second kappa shape index (κ2) is 2.21. The van der Waals surface area contributed by atoms with Crippen LogP contribution in [0, 0.1) is 5.41 Å². The van der Waals surface area contributed by atoms with Crippen molar-refractivity contribution in [3.8, 4) is 0 Å². The lowest BCUT2D eigenvalue weighted by molar-refractivity contribution is -0.151. The fraction of sp³-hybridized carbons (Fsp3) is 0.875. The van der Waals surface area contributed by atoms with Crippen LogP contribution in [0.15, 0.2) is 0 Å². The molecule has 2 atom stereocenters. The van der Waals surface area contributed by atoms with Crippen molar-refractivity contribution in [1.82, 2.24) is 5.32 Å². The lowest BCUT2D eigenvalue weighted by Gasteiger charge is -2.22. The Morgan fingerprint density at radius 1 is 1.73 bits per heavy atom. The van der Waals surface area contributed by atoms with Gasteiger partial charge in [0.05, 0.1) is 12.5 Å². The summed E-state index contributed by atoms with van der Waals surface area (Å²) >= 11 is 0. The summed E-state index contributed by atoms with van der Waals surface area (Å²) in [6, 6.07) is 0.578. The molecule has 1 N–H and O–H groups in total. The first-order valence-corrected chi connectivity index (χ1v) is 4.09. The van der Waals surface area contributed by atoms with Crippen LogP contribution in [0.2, 0.25) is 0 Å². The van der Waals surface area contributed by atoms with Crippen molar-refractivity contribution in [1.29, 1.82) is 0 Å². The standard InChI is InChI=1S/C8H13NO2/c1-11-7(10)8-3-2-6(4-8)9-5-8/h6,9H,2-5H2,1H3. The summed E-state index contributed by atoms with van der Waals surface area (Å²) in [4.78, 5) is 11.3. The Morgan fingerprint density at radius 3 is 2.91 bits per heavy atom. The number of esters is 1. The number of ether oxygens (including phenoxy) is 1. The van der Waals surface area contributed by atoms with Crippen LogP contribution in [0.1, 0.15) is 19.3 Å². The summed E-state index contributed by atoms with van der Waals surface area (Å²) in [5, 5.41) is 3.31. The van der Waals surface area contributed by atoms with Crippen LogP contribution in [0.5, 0.6) is 0 Å². The van der Waals surface area contributed by atoms with Crippen LogP contribution in [-0.4, -0.2) is 25.7 Å². The van der Waals surface area contributed by atoms with Gasteiger partial charge in [0.2, 0.25) is 0 Å². The van der Waals surface area contributed by atoms with Gasteiger partial charge >= 0.3 is 5.97 Å². The van der Waals surface area contributed by atoms with E-state index in [1.807, 2.05) is 0 Å². The highest BCUT2D eigenvalue weighted by atomic mass is 16.5. The average Bonchev–Trinajstić information content (AvgIpc) is 2.62. The van der Waals surface area contributed by atoms with Gasteiger partial charge in [0, 0.05) is 12.6 Å². The van der Waals surface area contributed by atoms with Gasteiger partial charge in [0.25, 0.3) is 0 Å². The van der Waals surface area contributed by atoms with Crippen LogP contribution in [0.3, 0.4) is 0 Å². The molecule has 0 spiro atoms. The van der Waals surface area contributed by atoms with Gasteiger partial charge in [0.1, 0.15) is 0 Å². The number of nitrogens with one attached hydrogen (secondary N) is 1. The molecule has 1 heterocycles. The van der Waals surface area contributed by atoms with E-state index in [-0.39, 0.29) is 11.4 Å². The second-order valence-electron chi connectivity index (χ2n) is 3.59. The molecule has 2 bridgehead atoms. The largest absolute Gasteiger partial charge is 0.469 e. The minimum absolute atomic E-state index is 0.0231. The van der Waals surface area contributed by atoms with Crippen LogP contribution in [-0.2, 0) is 9.53 Å². The predicted octanol–water partition coefficient (Wildman–Crippen LogP) is 0.301. The Kier molecular flexibility index (Phi) is 1.42. The normalized spacial score (nSPS) is 41.0. The molecule has 2 rings (SSSR count). The zero-order valence-corrected chi connectivity index (χ0v) is 6.72. The van der Waals surface area contributed by atoms with E-state index in [2.05, 4.69) is 5.32 Å². The SMILES string of the molecule is COC(=O)C12CCC(C1)NC2. The molecule has 0 amide bonds. The molecule has 1 saturated carbocycles. The van der Waals surface area contributed by atoms with Crippen molar-refractivity contribution >= 4 is 5.97 Å². The molecule has 11 heavy (non-hydrogen) atoms. The number of fused-ring (bicyclic) bond motifs is 2. The van der Waals surface area contributed by atoms with Crippen LogP contribution in [0.4, 0.5) is 0 Å². The quantitative estimate of drug-likeness (QED) is 0.553. The third-order valence-electron chi connectivity index (χ3n) is 2.96. The molecular weight excluding hydrogens is 142 g/mol. The smallest absolute Gasteiger partial charge is 0.313 e. The number of rotatable bonds is 1. The molecule has 3 heteroatoms. The summed E-state index contributed by atoms with van der Waals surface area (Å²) in [7, 11) is 1.47. The van der Waals surface area contributed by atoms with Gasteiger partial charge in [-0.25, -0.2) is 0 Å². The third kappa shape index (κ3) is 0.872. The monoisotopic (exact) mass is 155 g/mol. The molecule has 2 unspecified atom stereocenters. The van der Waals surface area contributed by atoms with Gasteiger partial charge in [-0.15, -0.1) is 0 Å². The molecule has 3 nitrogen and oxygen atoms in total. The predicted molar refractivity (Wildman–Crippen MR) is 40.1 cm³/mol. The van der Waals surface area contributed by atoms with Crippen molar-refractivity contribution < 1.29 is 9.53 Å². The van der Waals surface area contributed by atoms with E-state index in [1.165, 1.54) is 7.11 Å². The van der Waals surface area contributed by atoms with E-state index < -0.39 is 0 Å². The highest BCUT2D eigenvalue weighted by Gasteiger charge is 2.50. The van der Waals surface area contributed by atoms with Gasteiger partial charge in [-0.2, -0.15) is 0 Å². The summed E-state index contributed by atoms with van der Waals surface area (Å²) in [6.45, 7) is 0.824. The fourth-order valence-electron chi connectivity index (χ4n) is 2.27. The first-order chi connectivity index (χ1) is 5.27. The summed E-state index contributed by atoms with van der Waals surface area (Å²) in [6.07, 6.45) is 3.13. The van der Waals surface area contributed by atoms with E-state index in [1.54, 1.807) is 0 Å². The van der Waals surface area contributed by atoms with Gasteiger partial charge in [-0.3, -0.25) is 4.79 Å². The minimum atomic E-state index is -0.153. The Bertz CT molecular complexity index is 183. The maximum atomic E-state index is 11.3. The van der Waals surface area contributed by atoms with Gasteiger partial charge < -0.3 is 10.1 Å². The van der Waals surface area contributed by atoms with E-state index in [9.17, 15) is 4.79 Å². The number of piperidine rings is 1. The third-order valence-corrected chi connectivity index (χ3v) is 2.96. The van der Waals surface area contributed by atoms with E-state index >= 15 is 0 Å². The van der Waals surface area contributed by atoms with Gasteiger partial charge in [-0.05, 0) is 19.3 Å². The highest BCUT2D eigenvalue weighted by Crippen LogP contribution is 2.43. The lowest BCUT2D eigenvalue weighted by atomic mass is 9.88. The van der Waals surface area contributed by atoms with Crippen molar-refractivity contribution in [3.63, 3.8) is 0 Å². The maximum Gasteiger partial charge on any atom is 0.313 e. The summed E-state index contributed by atoms with van der Waals surface area (Å²) < 4.78 is 4.78. The molecule has 2 fully saturated rings. The highest BCUT2D eigenvalue weighted by molar-refractivity contribution is 5.78. The van der Waals surface area contributed by atoms with Gasteiger partial charge in [0.15, 0.2) is 0 Å². The molecule has 1 aliphatic heterocycles. The van der Waals surface area contributed by atoms with E-state index in [4.69, 9.17) is 4.74 Å². The van der Waals surface area contributed by atoms with Crippen molar-refractivity contribution in [2.45, 2.75) is 25.3 Å². The zero-order valence-electron chi connectivity index (χ0n) is 6.72. The summed E-state index contributed by atoms with van der Waals surface area (Å²) in [5.41, 5.74) is -0.153. The molecule has 0 aromatic heterocycles. The first kappa shape index (κ1) is 7.10. The Labute approximate surface area is 66.1 Å². The Morgan fingerprint density at radius 2 is 2.55 bits per heavy atom. The molecular formula is C8H13NO2. The van der Waals surface area contributed by atoms with Crippen molar-refractivity contribution in [2.75, 3.05) is 13.7 Å². The number of hydrogen-bond donors (Lipinski definition) is 1. The van der Waals surface area contributed by atoms with Crippen LogP contribution in [0.25, 0.3) is 0 Å². The van der Waals surface area contributed by atoms with Crippen LogP contribution < -0.4 is 5.32 Å². The molecule has 0 aromatic rings. The minimum Gasteiger partial charge on any atom is -0.469 e. The van der Waals surface area contributed by atoms with Crippen molar-refractivity contribution in [2.24, 2.45) is 5.41 Å². The molecule has 1 saturated heterocycles. The van der Waals surface area contributed by atoms with E-state index in [0.29, 0.717) is 6.04 Å². The molecule has 0 aromatic carbocycles. The first-order valence-electron chi connectivity index (χ1n) is 4.09. The molecule has 2 aliphatic rings. The van der Waals surface area contributed by atoms with Crippen LogP contribution >= 0.6 is 0 Å². The zero-order chi connectivity index (χ0) is 7.90. The second-order valence-corrected chi connectivity index (χ2v) is 3.59. The lowest BCUT2D eigenvalue weighted by Crippen LogP contribution is -2.36. The fourth-order valence-corrected chi connectivity index (χ4v) is 2.27.